The van der Waals surface area contributed by atoms with Crippen LogP contribution in [0.25, 0.3) is 11.1 Å². The Kier molecular flexibility index (Phi) is 7.02. The fraction of sp³-hybridized carbons (Fsp3) is 0.364. The third kappa shape index (κ3) is 5.75. The van der Waals surface area contributed by atoms with Gasteiger partial charge in [0.2, 0.25) is 0 Å². The van der Waals surface area contributed by atoms with Crippen molar-refractivity contribution in [2.45, 2.75) is 23.8 Å². The molecule has 0 amide bonds. The van der Waals surface area contributed by atoms with Crippen LogP contribution in [0.5, 0.6) is 0 Å². The van der Waals surface area contributed by atoms with Gasteiger partial charge >= 0.3 is 0 Å². The van der Waals surface area contributed by atoms with E-state index in [0.29, 0.717) is 11.3 Å². The summed E-state index contributed by atoms with van der Waals surface area (Å²) in [4.78, 5) is 2.41. The molecule has 0 aliphatic carbocycles. The Bertz CT molecular complexity index is 1060. The van der Waals surface area contributed by atoms with Crippen molar-refractivity contribution in [2.75, 3.05) is 33.5 Å². The summed E-state index contributed by atoms with van der Waals surface area (Å²) in [5.41, 5.74) is 3.95. The Morgan fingerprint density at radius 1 is 1.03 bits per heavy atom. The maximum absolute atomic E-state index is 11.6. The monoisotopic (exact) mass is 428 g/mol. The molecule has 0 bridgehead atoms. The number of nitrogens with zero attached hydrogens (tertiary/aromatic N) is 4. The predicted octanol–water partition coefficient (Wildman–Crippen LogP) is 2.23. The van der Waals surface area contributed by atoms with Gasteiger partial charge in [-0.2, -0.15) is 0 Å². The minimum Gasteiger partial charge on any atom is -0.394 e. The normalized spacial score (nSPS) is 13.0. The molecule has 0 unspecified atom stereocenters. The van der Waals surface area contributed by atoms with Crippen molar-refractivity contribution in [3.05, 3.63) is 66.0 Å². The van der Waals surface area contributed by atoms with E-state index in [2.05, 4.69) is 15.2 Å². The molecule has 3 rings (SSSR count). The maximum Gasteiger partial charge on any atom is 0.175 e. The van der Waals surface area contributed by atoms with Crippen LogP contribution in [-0.2, 0) is 22.7 Å². The molecule has 7 nitrogen and oxygen atoms in total. The fourth-order valence-corrected chi connectivity index (χ4v) is 3.82. The first-order valence-electron chi connectivity index (χ1n) is 9.82. The van der Waals surface area contributed by atoms with Crippen molar-refractivity contribution in [3.63, 3.8) is 0 Å². The Balaban J connectivity index is 1.68. The van der Waals surface area contributed by atoms with Gasteiger partial charge in [-0.15, -0.1) is 5.10 Å². The third-order valence-corrected chi connectivity index (χ3v) is 6.13. The van der Waals surface area contributed by atoms with Gasteiger partial charge < -0.3 is 10.0 Å². The highest BCUT2D eigenvalue weighted by Gasteiger charge is 2.14. The summed E-state index contributed by atoms with van der Waals surface area (Å²) in [6.45, 7) is 0.875. The van der Waals surface area contributed by atoms with Crippen molar-refractivity contribution < 1.29 is 13.5 Å². The lowest BCUT2D eigenvalue weighted by Crippen LogP contribution is -2.17. The average Bonchev–Trinajstić information content (AvgIpc) is 3.19. The molecule has 0 saturated heterocycles. The number of aliphatic hydroxyl groups excluding tert-OH is 1. The molecule has 0 aliphatic rings. The van der Waals surface area contributed by atoms with Crippen LogP contribution < -0.4 is 0 Å². The Hall–Kier alpha value is -2.55. The molecular weight excluding hydrogens is 400 g/mol. The molecule has 8 heteroatoms. The van der Waals surface area contributed by atoms with Crippen LogP contribution in [0.15, 0.2) is 59.6 Å². The molecule has 160 valence electrons. The van der Waals surface area contributed by atoms with E-state index in [-0.39, 0.29) is 12.6 Å². The quantitative estimate of drug-likeness (QED) is 0.562. The van der Waals surface area contributed by atoms with Crippen LogP contribution in [0.4, 0.5) is 0 Å². The highest BCUT2D eigenvalue weighted by atomic mass is 32.2. The van der Waals surface area contributed by atoms with Gasteiger partial charge in [-0.25, -0.2) is 13.1 Å². The van der Waals surface area contributed by atoms with E-state index < -0.39 is 9.84 Å². The third-order valence-electron chi connectivity index (χ3n) is 5.00. The zero-order valence-electron chi connectivity index (χ0n) is 17.6. The standard InChI is InChI=1S/C22H28N4O3S/c1-25(2)13-12-20-15-26(24-23-20)21(16-27)14-17-4-6-18(7-5-17)19-8-10-22(11-9-19)30(3,28)29/h4-11,15,21,27H,12-14,16H2,1-3H3/t21-/m0/s1. The van der Waals surface area contributed by atoms with Crippen molar-refractivity contribution in [1.29, 1.82) is 0 Å². The first-order valence-corrected chi connectivity index (χ1v) is 11.7. The first-order chi connectivity index (χ1) is 14.3. The van der Waals surface area contributed by atoms with Crippen molar-refractivity contribution in [3.8, 4) is 11.1 Å². The number of hydrogen-bond donors (Lipinski definition) is 1. The number of likely N-dealkylation sites (N-methyl/N-ethyl adjacent to an activating group) is 1. The van der Waals surface area contributed by atoms with Crippen LogP contribution in [0.3, 0.4) is 0 Å². The summed E-state index contributed by atoms with van der Waals surface area (Å²) >= 11 is 0. The van der Waals surface area contributed by atoms with Crippen LogP contribution in [-0.4, -0.2) is 66.9 Å². The second-order valence-electron chi connectivity index (χ2n) is 7.78. The van der Waals surface area contributed by atoms with Crippen LogP contribution >= 0.6 is 0 Å². The Morgan fingerprint density at radius 3 is 2.17 bits per heavy atom. The van der Waals surface area contributed by atoms with Crippen molar-refractivity contribution in [2.24, 2.45) is 0 Å². The summed E-state index contributed by atoms with van der Waals surface area (Å²) in [6.07, 6.45) is 4.56. The van der Waals surface area contributed by atoms with Crippen molar-refractivity contribution >= 4 is 9.84 Å². The highest BCUT2D eigenvalue weighted by molar-refractivity contribution is 7.90. The van der Waals surface area contributed by atoms with Gasteiger partial charge in [0.05, 0.1) is 23.2 Å². The average molecular weight is 429 g/mol. The molecule has 0 spiro atoms. The summed E-state index contributed by atoms with van der Waals surface area (Å²) < 4.78 is 25.0. The lowest BCUT2D eigenvalue weighted by Gasteiger charge is -2.14. The molecule has 1 aromatic heterocycles. The minimum absolute atomic E-state index is 0.0226. The van der Waals surface area contributed by atoms with Gasteiger partial charge in [0.25, 0.3) is 0 Å². The van der Waals surface area contributed by atoms with Gasteiger partial charge in [-0.1, -0.05) is 41.6 Å². The van der Waals surface area contributed by atoms with E-state index >= 15 is 0 Å². The van der Waals surface area contributed by atoms with E-state index in [1.165, 1.54) is 6.26 Å². The summed E-state index contributed by atoms with van der Waals surface area (Å²) in [6, 6.07) is 14.7. The van der Waals surface area contributed by atoms with Gasteiger partial charge in [-0.3, -0.25) is 0 Å². The summed E-state index contributed by atoms with van der Waals surface area (Å²) in [5.74, 6) is 0. The predicted molar refractivity (Wildman–Crippen MR) is 117 cm³/mol. The second-order valence-corrected chi connectivity index (χ2v) is 9.79. The Labute approximate surface area is 177 Å². The number of aromatic nitrogens is 3. The van der Waals surface area contributed by atoms with Crippen LogP contribution in [0.1, 0.15) is 17.3 Å². The maximum atomic E-state index is 11.6. The van der Waals surface area contributed by atoms with E-state index in [9.17, 15) is 13.5 Å². The molecule has 1 heterocycles. The number of benzene rings is 2. The Morgan fingerprint density at radius 2 is 1.63 bits per heavy atom. The number of sulfone groups is 1. The molecular formula is C22H28N4O3S. The van der Waals surface area contributed by atoms with E-state index in [0.717, 1.165) is 35.3 Å². The fourth-order valence-electron chi connectivity index (χ4n) is 3.19. The molecule has 3 aromatic rings. The molecule has 30 heavy (non-hydrogen) atoms. The van der Waals surface area contributed by atoms with Crippen LogP contribution in [0, 0.1) is 0 Å². The number of rotatable bonds is 9. The molecule has 2 aromatic carbocycles. The zero-order chi connectivity index (χ0) is 21.7. The topological polar surface area (TPSA) is 88.3 Å². The molecule has 0 fully saturated rings. The lowest BCUT2D eigenvalue weighted by atomic mass is 10.0. The SMILES string of the molecule is CN(C)CCc1cn([C@H](CO)Cc2ccc(-c3ccc(S(C)(=O)=O)cc3)cc2)nn1. The molecule has 0 aliphatic heterocycles. The van der Waals surface area contributed by atoms with E-state index in [1.54, 1.807) is 16.8 Å². The number of hydrogen-bond acceptors (Lipinski definition) is 6. The van der Waals surface area contributed by atoms with Crippen molar-refractivity contribution in [1.82, 2.24) is 19.9 Å². The van der Waals surface area contributed by atoms with Gasteiger partial charge in [-0.05, 0) is 49.3 Å². The molecule has 0 radical (unpaired) electrons. The minimum atomic E-state index is -3.20. The number of aliphatic hydroxyl groups is 1. The highest BCUT2D eigenvalue weighted by Crippen LogP contribution is 2.23. The van der Waals surface area contributed by atoms with Gasteiger partial charge in [0.15, 0.2) is 9.84 Å². The lowest BCUT2D eigenvalue weighted by molar-refractivity contribution is 0.216. The van der Waals surface area contributed by atoms with E-state index in [1.807, 2.05) is 56.7 Å². The molecule has 1 atom stereocenters. The summed E-state index contributed by atoms with van der Waals surface area (Å²) in [7, 11) is 0.840. The largest absolute Gasteiger partial charge is 0.394 e. The van der Waals surface area contributed by atoms with E-state index in [4.69, 9.17) is 0 Å². The second kappa shape index (κ2) is 9.51. The zero-order valence-corrected chi connectivity index (χ0v) is 18.4. The molecule has 0 saturated carbocycles. The molecule has 1 N–H and O–H groups in total. The van der Waals surface area contributed by atoms with Crippen LogP contribution in [0.2, 0.25) is 0 Å². The smallest absolute Gasteiger partial charge is 0.175 e. The first kappa shape index (κ1) is 22.1. The van der Waals surface area contributed by atoms with Gasteiger partial charge in [0, 0.05) is 25.4 Å². The van der Waals surface area contributed by atoms with Gasteiger partial charge in [0.1, 0.15) is 0 Å². The summed E-state index contributed by atoms with van der Waals surface area (Å²) in [5, 5.41) is 18.2.